The highest BCUT2D eigenvalue weighted by atomic mass is 32.2. The summed E-state index contributed by atoms with van der Waals surface area (Å²) >= 11 is 0. The van der Waals surface area contributed by atoms with Crippen LogP contribution in [0.4, 0.5) is 0 Å². The maximum atomic E-state index is 12.5. The Labute approximate surface area is 137 Å². The second-order valence-corrected chi connectivity index (χ2v) is 8.85. The van der Waals surface area contributed by atoms with Gasteiger partial charge >= 0.3 is 5.97 Å². The van der Waals surface area contributed by atoms with Crippen molar-refractivity contribution in [2.75, 3.05) is 33.7 Å². The van der Waals surface area contributed by atoms with Crippen molar-refractivity contribution < 1.29 is 23.1 Å². The van der Waals surface area contributed by atoms with Crippen molar-refractivity contribution in [3.63, 3.8) is 0 Å². The molecule has 2 fully saturated rings. The van der Waals surface area contributed by atoms with E-state index in [-0.39, 0.29) is 18.4 Å². The summed E-state index contributed by atoms with van der Waals surface area (Å²) in [6, 6.07) is -0.900. The molecule has 2 heterocycles. The molecule has 3 unspecified atom stereocenters. The van der Waals surface area contributed by atoms with Gasteiger partial charge in [0.15, 0.2) is 0 Å². The molecule has 0 saturated carbocycles. The fraction of sp³-hybridized carbons (Fsp3) is 0.857. The summed E-state index contributed by atoms with van der Waals surface area (Å²) in [7, 11) is -0.164. The third-order valence-electron chi connectivity index (χ3n) is 4.66. The van der Waals surface area contributed by atoms with E-state index in [0.717, 1.165) is 0 Å². The van der Waals surface area contributed by atoms with E-state index in [9.17, 15) is 23.1 Å². The van der Waals surface area contributed by atoms with Crippen LogP contribution in [0.1, 0.15) is 20.3 Å². The van der Waals surface area contributed by atoms with Gasteiger partial charge in [-0.25, -0.2) is 13.2 Å². The zero-order valence-corrected chi connectivity index (χ0v) is 14.8. The number of carboxylic acid groups (broad SMARTS) is 1. The highest BCUT2D eigenvalue weighted by Gasteiger charge is 2.48. The van der Waals surface area contributed by atoms with Gasteiger partial charge < -0.3 is 10.0 Å². The largest absolute Gasteiger partial charge is 0.480 e. The molecule has 2 saturated heterocycles. The lowest BCUT2D eigenvalue weighted by molar-refractivity contribution is -0.152. The second-order valence-electron chi connectivity index (χ2n) is 6.76. The number of carbonyl (C=O) groups excluding carboxylic acids is 1. The van der Waals surface area contributed by atoms with Crippen LogP contribution in [0.15, 0.2) is 0 Å². The maximum Gasteiger partial charge on any atom is 0.326 e. The van der Waals surface area contributed by atoms with Crippen molar-refractivity contribution >= 4 is 21.9 Å². The standard InChI is InChI=1S/C14H25N3O5S/c1-9(2)12(14(19)20)16(4)13(18)10-5-6-17(7-10)23(21,22)11-8-15(11)3/h9-12H,5-8H2,1-4H3,(H,19,20)/t10-,11?,12?,15?/m0/s1. The van der Waals surface area contributed by atoms with E-state index in [2.05, 4.69) is 0 Å². The van der Waals surface area contributed by atoms with Crippen molar-refractivity contribution in [3.05, 3.63) is 0 Å². The summed E-state index contributed by atoms with van der Waals surface area (Å²) < 4.78 is 26.1. The number of hydrogen-bond donors (Lipinski definition) is 1. The Bertz CT molecular complexity index is 591. The number of hydrogen-bond acceptors (Lipinski definition) is 5. The van der Waals surface area contributed by atoms with Gasteiger partial charge in [-0.05, 0) is 19.4 Å². The summed E-state index contributed by atoms with van der Waals surface area (Å²) in [5.74, 6) is -2.03. The first-order valence-electron chi connectivity index (χ1n) is 7.76. The summed E-state index contributed by atoms with van der Waals surface area (Å²) in [5.41, 5.74) is 0. The first-order chi connectivity index (χ1) is 10.6. The smallest absolute Gasteiger partial charge is 0.326 e. The molecule has 0 aromatic carbocycles. The fourth-order valence-corrected chi connectivity index (χ4v) is 5.15. The minimum absolute atomic E-state index is 0.139. The normalized spacial score (nSPS) is 29.5. The van der Waals surface area contributed by atoms with Gasteiger partial charge in [0.2, 0.25) is 15.9 Å². The molecule has 23 heavy (non-hydrogen) atoms. The van der Waals surface area contributed by atoms with Gasteiger partial charge in [-0.1, -0.05) is 13.8 Å². The zero-order chi connectivity index (χ0) is 17.5. The summed E-state index contributed by atoms with van der Waals surface area (Å²) in [6.45, 7) is 4.47. The van der Waals surface area contributed by atoms with Crippen LogP contribution in [0.3, 0.4) is 0 Å². The molecule has 0 spiro atoms. The lowest BCUT2D eigenvalue weighted by Crippen LogP contribution is -2.48. The Hall–Kier alpha value is -1.19. The van der Waals surface area contributed by atoms with Crippen LogP contribution in [0, 0.1) is 11.8 Å². The van der Waals surface area contributed by atoms with Crippen LogP contribution in [0.25, 0.3) is 0 Å². The number of rotatable bonds is 6. The first kappa shape index (κ1) is 18.2. The minimum Gasteiger partial charge on any atom is -0.480 e. The minimum atomic E-state index is -3.39. The molecule has 132 valence electrons. The van der Waals surface area contributed by atoms with Crippen LogP contribution >= 0.6 is 0 Å². The molecule has 0 aromatic heterocycles. The van der Waals surface area contributed by atoms with Gasteiger partial charge in [0.05, 0.1) is 5.92 Å². The van der Waals surface area contributed by atoms with Crippen LogP contribution < -0.4 is 0 Å². The molecule has 8 nitrogen and oxygen atoms in total. The van der Waals surface area contributed by atoms with Crippen LogP contribution in [0.5, 0.6) is 0 Å². The molecule has 0 bridgehead atoms. The molecule has 1 amide bonds. The monoisotopic (exact) mass is 347 g/mol. The molecule has 0 aromatic rings. The molecule has 0 radical (unpaired) electrons. The highest BCUT2D eigenvalue weighted by Crippen LogP contribution is 2.29. The Morgan fingerprint density at radius 2 is 1.83 bits per heavy atom. The van der Waals surface area contributed by atoms with E-state index >= 15 is 0 Å². The van der Waals surface area contributed by atoms with Crippen LogP contribution in [-0.4, -0.2) is 84.7 Å². The lowest BCUT2D eigenvalue weighted by Gasteiger charge is -2.29. The predicted octanol–water partition coefficient (Wildman–Crippen LogP) is -0.523. The second kappa shape index (κ2) is 6.37. The van der Waals surface area contributed by atoms with Gasteiger partial charge in [-0.15, -0.1) is 0 Å². The average Bonchev–Trinajstić information content (AvgIpc) is 2.99. The van der Waals surface area contributed by atoms with Crippen molar-refractivity contribution in [1.82, 2.24) is 14.1 Å². The molecule has 9 heteroatoms. The quantitative estimate of drug-likeness (QED) is 0.649. The van der Waals surface area contributed by atoms with E-state index in [0.29, 0.717) is 19.5 Å². The molecule has 2 aliphatic rings. The number of carbonyl (C=O) groups is 2. The zero-order valence-electron chi connectivity index (χ0n) is 14.0. The third kappa shape index (κ3) is 3.51. The van der Waals surface area contributed by atoms with Crippen LogP contribution in [0.2, 0.25) is 0 Å². The number of carboxylic acids is 1. The summed E-state index contributed by atoms with van der Waals surface area (Å²) in [5, 5.41) is 8.82. The van der Waals surface area contributed by atoms with Crippen molar-refractivity contribution in [2.45, 2.75) is 31.7 Å². The number of sulfonamides is 1. The van der Waals surface area contributed by atoms with Gasteiger partial charge in [0.25, 0.3) is 0 Å². The van der Waals surface area contributed by atoms with E-state index in [1.165, 1.54) is 16.3 Å². The molecule has 4 atom stereocenters. The van der Waals surface area contributed by atoms with Crippen LogP contribution in [-0.2, 0) is 19.6 Å². The Morgan fingerprint density at radius 3 is 2.26 bits per heavy atom. The average molecular weight is 347 g/mol. The molecule has 2 aliphatic heterocycles. The molecule has 2 rings (SSSR count). The summed E-state index contributed by atoms with van der Waals surface area (Å²) in [6.07, 6.45) is 0.434. The number of amides is 1. The fourth-order valence-electron chi connectivity index (χ4n) is 3.18. The third-order valence-corrected chi connectivity index (χ3v) is 6.90. The Kier molecular flexibility index (Phi) is 5.03. The van der Waals surface area contributed by atoms with Gasteiger partial charge in [-0.3, -0.25) is 9.69 Å². The predicted molar refractivity (Wildman–Crippen MR) is 84.0 cm³/mol. The van der Waals surface area contributed by atoms with E-state index in [1.807, 2.05) is 0 Å². The van der Waals surface area contributed by atoms with Gasteiger partial charge in [0.1, 0.15) is 11.4 Å². The number of nitrogens with zero attached hydrogens (tertiary/aromatic N) is 3. The number of likely N-dealkylation sites (N-methyl/N-ethyl adjacent to an activating group) is 2. The number of aliphatic carboxylic acids is 1. The van der Waals surface area contributed by atoms with Crippen molar-refractivity contribution in [1.29, 1.82) is 0 Å². The molecular formula is C14H25N3O5S. The molecular weight excluding hydrogens is 322 g/mol. The van der Waals surface area contributed by atoms with E-state index in [4.69, 9.17) is 0 Å². The van der Waals surface area contributed by atoms with Crippen molar-refractivity contribution in [2.24, 2.45) is 11.8 Å². The first-order valence-corrected chi connectivity index (χ1v) is 9.26. The SMILES string of the molecule is CC(C)C(C(=O)O)N(C)C(=O)[C@H]1CCN(S(=O)(=O)C2CN2C)C1. The Morgan fingerprint density at radius 1 is 1.26 bits per heavy atom. The lowest BCUT2D eigenvalue weighted by atomic mass is 10.0. The van der Waals surface area contributed by atoms with E-state index in [1.54, 1.807) is 25.8 Å². The van der Waals surface area contributed by atoms with Gasteiger partial charge in [-0.2, -0.15) is 4.31 Å². The highest BCUT2D eigenvalue weighted by molar-refractivity contribution is 7.90. The Balaban J connectivity index is 2.03. The molecule has 0 aliphatic carbocycles. The topological polar surface area (TPSA) is 98.0 Å². The van der Waals surface area contributed by atoms with E-state index < -0.39 is 33.3 Å². The molecule has 1 N–H and O–H groups in total. The summed E-state index contributed by atoms with van der Waals surface area (Å²) in [4.78, 5) is 26.9. The van der Waals surface area contributed by atoms with Crippen molar-refractivity contribution in [3.8, 4) is 0 Å². The maximum absolute atomic E-state index is 12.5. The van der Waals surface area contributed by atoms with Gasteiger partial charge in [0, 0.05) is 26.7 Å².